The van der Waals surface area contributed by atoms with Gasteiger partial charge in [0.05, 0.1) is 10.5 Å². The van der Waals surface area contributed by atoms with E-state index in [1.165, 1.54) is 0 Å². The lowest BCUT2D eigenvalue weighted by molar-refractivity contribution is -0.142. The normalized spacial score (nSPS) is 19.9. The van der Waals surface area contributed by atoms with Crippen molar-refractivity contribution in [3.05, 3.63) is 36.0 Å². The van der Waals surface area contributed by atoms with Gasteiger partial charge >= 0.3 is 5.97 Å². The summed E-state index contributed by atoms with van der Waals surface area (Å²) in [7, 11) is -4.08. The van der Waals surface area contributed by atoms with E-state index in [0.717, 1.165) is 22.5 Å². The van der Waals surface area contributed by atoms with E-state index in [9.17, 15) is 17.6 Å². The van der Waals surface area contributed by atoms with Crippen molar-refractivity contribution in [3.8, 4) is 5.92 Å². The van der Waals surface area contributed by atoms with E-state index in [0.29, 0.717) is 12.8 Å². The summed E-state index contributed by atoms with van der Waals surface area (Å²) in [5.74, 6) is -0.232. The Morgan fingerprint density at radius 3 is 2.71 bits per heavy atom. The highest BCUT2D eigenvalue weighted by Gasteiger charge is 2.37. The molecule has 0 amide bonds. The van der Waals surface area contributed by atoms with Gasteiger partial charge in [0.25, 0.3) is 0 Å². The molecule has 1 N–H and O–H groups in total. The second kappa shape index (κ2) is 5.84. The maximum Gasteiger partial charge on any atom is 0.322 e. The summed E-state index contributed by atoms with van der Waals surface area (Å²) in [6.45, 7) is 0.0966. The number of hydrogen-bond donors (Lipinski definition) is 1. The van der Waals surface area contributed by atoms with E-state index in [1.54, 1.807) is 0 Å². The van der Waals surface area contributed by atoms with Crippen molar-refractivity contribution in [2.45, 2.75) is 30.2 Å². The molecule has 0 aromatic heterocycles. The SMILES string of the molecule is [C]#Cc1ccc(S(=O)(=O)N2CCCC[C@H]2C(=O)O)cc1F. The molecule has 1 heterocycles. The van der Waals surface area contributed by atoms with Crippen molar-refractivity contribution in [1.82, 2.24) is 4.31 Å². The van der Waals surface area contributed by atoms with Gasteiger partial charge in [0.1, 0.15) is 11.9 Å². The van der Waals surface area contributed by atoms with Crippen LogP contribution in [0.4, 0.5) is 4.39 Å². The molecule has 111 valence electrons. The molecule has 7 heteroatoms. The molecule has 5 nitrogen and oxygen atoms in total. The maximum atomic E-state index is 13.6. The van der Waals surface area contributed by atoms with E-state index in [2.05, 4.69) is 0 Å². The van der Waals surface area contributed by atoms with Crippen LogP contribution < -0.4 is 0 Å². The number of carboxylic acid groups (broad SMARTS) is 1. The van der Waals surface area contributed by atoms with Crippen LogP contribution in [-0.2, 0) is 14.8 Å². The minimum atomic E-state index is -4.08. The average molecular weight is 310 g/mol. The Bertz CT molecular complexity index is 708. The number of benzene rings is 1. The van der Waals surface area contributed by atoms with Gasteiger partial charge in [-0.15, -0.1) is 0 Å². The maximum absolute atomic E-state index is 13.6. The molecular formula is C14H13FNO4S. The fourth-order valence-electron chi connectivity index (χ4n) is 2.33. The van der Waals surface area contributed by atoms with E-state index in [1.807, 2.05) is 5.92 Å². The van der Waals surface area contributed by atoms with Gasteiger partial charge in [-0.3, -0.25) is 4.79 Å². The van der Waals surface area contributed by atoms with Crippen molar-refractivity contribution in [2.24, 2.45) is 0 Å². The predicted octanol–water partition coefficient (Wildman–Crippen LogP) is 1.39. The molecule has 0 aliphatic carbocycles. The van der Waals surface area contributed by atoms with Crippen LogP contribution in [0.3, 0.4) is 0 Å². The summed E-state index contributed by atoms with van der Waals surface area (Å²) >= 11 is 0. The fourth-order valence-corrected chi connectivity index (χ4v) is 4.00. The van der Waals surface area contributed by atoms with Gasteiger partial charge in [0.15, 0.2) is 0 Å². The fraction of sp³-hybridized carbons (Fsp3) is 0.357. The van der Waals surface area contributed by atoms with Gasteiger partial charge in [-0.25, -0.2) is 12.8 Å². The highest BCUT2D eigenvalue weighted by Crippen LogP contribution is 2.26. The largest absolute Gasteiger partial charge is 0.480 e. The molecule has 21 heavy (non-hydrogen) atoms. The molecule has 1 aliphatic rings. The number of sulfonamides is 1. The smallest absolute Gasteiger partial charge is 0.322 e. The van der Waals surface area contributed by atoms with Crippen molar-refractivity contribution < 1.29 is 22.7 Å². The minimum Gasteiger partial charge on any atom is -0.480 e. The first-order valence-electron chi connectivity index (χ1n) is 6.35. The summed E-state index contributed by atoms with van der Waals surface area (Å²) in [5, 5.41) is 9.14. The zero-order valence-electron chi connectivity index (χ0n) is 11.0. The molecule has 0 spiro atoms. The van der Waals surface area contributed by atoms with Gasteiger partial charge in [-0.1, -0.05) is 0 Å². The van der Waals surface area contributed by atoms with Crippen LogP contribution in [0.5, 0.6) is 0 Å². The third-order valence-corrected chi connectivity index (χ3v) is 5.32. The van der Waals surface area contributed by atoms with Crippen molar-refractivity contribution >= 4 is 16.0 Å². The Labute approximate surface area is 122 Å². The van der Waals surface area contributed by atoms with Crippen LogP contribution >= 0.6 is 0 Å². The number of rotatable bonds is 3. The van der Waals surface area contributed by atoms with E-state index in [-0.39, 0.29) is 23.4 Å². The molecule has 0 bridgehead atoms. The van der Waals surface area contributed by atoms with Crippen LogP contribution in [-0.4, -0.2) is 36.4 Å². The Hall–Kier alpha value is -1.91. The lowest BCUT2D eigenvalue weighted by atomic mass is 10.1. The Morgan fingerprint density at radius 1 is 1.43 bits per heavy atom. The molecule has 1 aromatic rings. The highest BCUT2D eigenvalue weighted by molar-refractivity contribution is 7.89. The van der Waals surface area contributed by atoms with Crippen molar-refractivity contribution in [3.63, 3.8) is 0 Å². The topological polar surface area (TPSA) is 74.7 Å². The standard InChI is InChI=1S/C14H13FNO4S/c1-2-10-6-7-11(9-12(10)15)21(19,20)16-8-4-3-5-13(16)14(17)18/h6-7,9,13H,3-5,8H2,(H,17,18)/t13-/m0/s1. The van der Waals surface area contributed by atoms with Crippen LogP contribution in [0.1, 0.15) is 24.8 Å². The third-order valence-electron chi connectivity index (χ3n) is 3.42. The second-order valence-electron chi connectivity index (χ2n) is 4.73. The van der Waals surface area contributed by atoms with Crippen LogP contribution in [0.2, 0.25) is 0 Å². The number of nitrogens with zero attached hydrogens (tertiary/aromatic N) is 1. The van der Waals surface area contributed by atoms with Gasteiger partial charge in [0.2, 0.25) is 10.0 Å². The summed E-state index contributed by atoms with van der Waals surface area (Å²) < 4.78 is 39.5. The number of piperidine rings is 1. The second-order valence-corrected chi connectivity index (χ2v) is 6.62. The number of carbonyl (C=O) groups is 1. The zero-order valence-corrected chi connectivity index (χ0v) is 11.9. The lowest BCUT2D eigenvalue weighted by Crippen LogP contribution is -2.47. The quantitative estimate of drug-likeness (QED) is 0.856. The molecule has 0 saturated carbocycles. The Balaban J connectivity index is 2.43. The van der Waals surface area contributed by atoms with Gasteiger partial charge < -0.3 is 5.11 Å². The molecule has 1 aliphatic heterocycles. The van der Waals surface area contributed by atoms with Crippen LogP contribution in [0.15, 0.2) is 23.1 Å². The van der Waals surface area contributed by atoms with E-state index >= 15 is 0 Å². The summed E-state index contributed by atoms with van der Waals surface area (Å²) in [5.41, 5.74) is -0.151. The summed E-state index contributed by atoms with van der Waals surface area (Å²) in [6, 6.07) is 1.96. The van der Waals surface area contributed by atoms with Gasteiger partial charge in [-0.05, 0) is 49.8 Å². The first-order valence-corrected chi connectivity index (χ1v) is 7.79. The highest BCUT2D eigenvalue weighted by atomic mass is 32.2. The number of halogens is 1. The summed E-state index contributed by atoms with van der Waals surface area (Å²) in [6.07, 6.45) is 8.31. The molecule has 1 radical (unpaired) electrons. The summed E-state index contributed by atoms with van der Waals surface area (Å²) in [4.78, 5) is 10.9. The van der Waals surface area contributed by atoms with E-state index in [4.69, 9.17) is 11.5 Å². The number of aliphatic carboxylic acids is 1. The molecule has 1 aromatic carbocycles. The monoisotopic (exact) mass is 310 g/mol. The van der Waals surface area contributed by atoms with Crippen molar-refractivity contribution in [1.29, 1.82) is 0 Å². The first kappa shape index (κ1) is 15.5. The molecule has 1 atom stereocenters. The molecular weight excluding hydrogens is 297 g/mol. The first-order chi connectivity index (χ1) is 9.87. The van der Waals surface area contributed by atoms with Gasteiger partial charge in [-0.2, -0.15) is 4.31 Å². The van der Waals surface area contributed by atoms with Crippen LogP contribution in [0, 0.1) is 18.2 Å². The predicted molar refractivity (Wildman–Crippen MR) is 71.8 cm³/mol. The Morgan fingerprint density at radius 2 is 2.14 bits per heavy atom. The number of carboxylic acids is 1. The minimum absolute atomic E-state index is 0.0966. The molecule has 2 rings (SSSR count). The lowest BCUT2D eigenvalue weighted by Gasteiger charge is -2.31. The number of hydrogen-bond acceptors (Lipinski definition) is 3. The molecule has 0 unspecified atom stereocenters. The van der Waals surface area contributed by atoms with E-state index < -0.39 is 27.9 Å². The van der Waals surface area contributed by atoms with Gasteiger partial charge in [0, 0.05) is 6.54 Å². The third kappa shape index (κ3) is 2.91. The molecule has 1 saturated heterocycles. The Kier molecular flexibility index (Phi) is 4.30. The van der Waals surface area contributed by atoms with Crippen LogP contribution in [0.25, 0.3) is 0 Å². The average Bonchev–Trinajstić information content (AvgIpc) is 2.47. The van der Waals surface area contributed by atoms with Crippen molar-refractivity contribution in [2.75, 3.05) is 6.54 Å². The molecule has 1 fully saturated rings. The zero-order chi connectivity index (χ0) is 15.6.